The second-order valence-electron chi connectivity index (χ2n) is 5.36. The van der Waals surface area contributed by atoms with Crippen LogP contribution in [0, 0.1) is 21.4 Å². The van der Waals surface area contributed by atoms with Crippen molar-refractivity contribution >= 4 is 28.2 Å². The Hall–Kier alpha value is -3.39. The van der Waals surface area contributed by atoms with Crippen LogP contribution in [-0.2, 0) is 6.54 Å². The van der Waals surface area contributed by atoms with E-state index in [-0.39, 0.29) is 5.69 Å². The average Bonchev–Trinajstić information content (AvgIpc) is 2.97. The highest BCUT2D eigenvalue weighted by atomic mass is 16.6. The number of allylic oxidation sites excluding steroid dienone is 1. The lowest BCUT2D eigenvalue weighted by Gasteiger charge is -1.99. The molecule has 0 saturated heterocycles. The molecule has 24 heavy (non-hydrogen) atoms. The topological polar surface area (TPSA) is 71.9 Å². The van der Waals surface area contributed by atoms with Crippen LogP contribution in [0.15, 0.2) is 54.7 Å². The molecule has 5 heteroatoms. The zero-order valence-corrected chi connectivity index (χ0v) is 13.1. The molecule has 0 saturated carbocycles. The maximum absolute atomic E-state index is 10.9. The minimum atomic E-state index is -0.457. The number of rotatable bonds is 4. The zero-order chi connectivity index (χ0) is 17.1. The predicted molar refractivity (Wildman–Crippen MR) is 94.2 cm³/mol. The van der Waals surface area contributed by atoms with Crippen LogP contribution < -0.4 is 0 Å². The van der Waals surface area contributed by atoms with Crippen LogP contribution in [0.3, 0.4) is 0 Å². The van der Waals surface area contributed by atoms with Crippen LogP contribution in [0.4, 0.5) is 5.69 Å². The summed E-state index contributed by atoms with van der Waals surface area (Å²) in [7, 11) is 0. The van der Waals surface area contributed by atoms with Crippen molar-refractivity contribution in [3.05, 3.63) is 76.0 Å². The number of nitriles is 1. The van der Waals surface area contributed by atoms with Gasteiger partial charge >= 0.3 is 0 Å². The number of para-hydroxylation sites is 1. The molecule has 3 rings (SSSR count). The van der Waals surface area contributed by atoms with Crippen LogP contribution in [0.1, 0.15) is 18.1 Å². The van der Waals surface area contributed by atoms with Gasteiger partial charge in [-0.3, -0.25) is 10.1 Å². The molecule has 3 aromatic rings. The van der Waals surface area contributed by atoms with E-state index in [0.717, 1.165) is 23.0 Å². The summed E-state index contributed by atoms with van der Waals surface area (Å²) in [4.78, 5) is 10.5. The SMILES string of the molecule is CCn1cc(C=C(C#N)c2cccc([N+](=O)[O-])c2)c2ccccc21. The zero-order valence-electron chi connectivity index (χ0n) is 13.1. The fourth-order valence-corrected chi connectivity index (χ4v) is 2.77. The van der Waals surface area contributed by atoms with Gasteiger partial charge in [-0.05, 0) is 24.6 Å². The summed E-state index contributed by atoms with van der Waals surface area (Å²) in [5, 5.41) is 21.5. The average molecular weight is 317 g/mol. The second kappa shape index (κ2) is 6.39. The van der Waals surface area contributed by atoms with Gasteiger partial charge in [0.2, 0.25) is 0 Å². The summed E-state index contributed by atoms with van der Waals surface area (Å²) in [6, 6.07) is 16.3. The summed E-state index contributed by atoms with van der Waals surface area (Å²) < 4.78 is 2.11. The van der Waals surface area contributed by atoms with Crippen molar-refractivity contribution in [3.63, 3.8) is 0 Å². The molecule has 118 valence electrons. The van der Waals surface area contributed by atoms with E-state index in [1.54, 1.807) is 18.2 Å². The number of hydrogen-bond donors (Lipinski definition) is 0. The number of hydrogen-bond acceptors (Lipinski definition) is 3. The van der Waals surface area contributed by atoms with Crippen molar-refractivity contribution in [2.75, 3.05) is 0 Å². The summed E-state index contributed by atoms with van der Waals surface area (Å²) >= 11 is 0. The molecule has 2 aromatic carbocycles. The third kappa shape index (κ3) is 2.77. The highest BCUT2D eigenvalue weighted by Gasteiger charge is 2.11. The van der Waals surface area contributed by atoms with Crippen LogP contribution >= 0.6 is 0 Å². The van der Waals surface area contributed by atoms with Crippen LogP contribution in [0.25, 0.3) is 22.6 Å². The van der Waals surface area contributed by atoms with Crippen molar-refractivity contribution in [2.24, 2.45) is 0 Å². The van der Waals surface area contributed by atoms with E-state index in [0.29, 0.717) is 11.1 Å². The molecule has 0 atom stereocenters. The molecule has 0 aliphatic heterocycles. The Balaban J connectivity index is 2.14. The van der Waals surface area contributed by atoms with E-state index in [1.165, 1.54) is 12.1 Å². The number of nitro benzene ring substituents is 1. The Labute approximate surface area is 139 Å². The van der Waals surface area contributed by atoms with E-state index in [4.69, 9.17) is 0 Å². The Morgan fingerprint density at radius 3 is 2.79 bits per heavy atom. The van der Waals surface area contributed by atoms with E-state index < -0.39 is 4.92 Å². The lowest BCUT2D eigenvalue weighted by Crippen LogP contribution is -1.90. The lowest BCUT2D eigenvalue weighted by molar-refractivity contribution is -0.384. The molecule has 5 nitrogen and oxygen atoms in total. The number of nitrogens with zero attached hydrogens (tertiary/aromatic N) is 3. The first-order valence-corrected chi connectivity index (χ1v) is 7.58. The third-order valence-electron chi connectivity index (χ3n) is 3.95. The Kier molecular flexibility index (Phi) is 4.13. The molecule has 0 spiro atoms. The van der Waals surface area contributed by atoms with Gasteiger partial charge in [0.15, 0.2) is 0 Å². The first kappa shape index (κ1) is 15.5. The molecule has 0 radical (unpaired) electrons. The van der Waals surface area contributed by atoms with Crippen LogP contribution in [0.2, 0.25) is 0 Å². The van der Waals surface area contributed by atoms with Gasteiger partial charge in [-0.25, -0.2) is 0 Å². The van der Waals surface area contributed by atoms with Gasteiger partial charge in [0, 0.05) is 41.3 Å². The van der Waals surface area contributed by atoms with Gasteiger partial charge in [-0.1, -0.05) is 30.3 Å². The predicted octanol–water partition coefficient (Wildman–Crippen LogP) is 4.63. The Morgan fingerprint density at radius 2 is 2.08 bits per heavy atom. The molecule has 0 N–H and O–H groups in total. The molecule has 0 aliphatic carbocycles. The number of aromatic nitrogens is 1. The van der Waals surface area contributed by atoms with Gasteiger partial charge in [-0.2, -0.15) is 5.26 Å². The monoisotopic (exact) mass is 317 g/mol. The van der Waals surface area contributed by atoms with Crippen molar-refractivity contribution in [3.8, 4) is 6.07 Å². The normalized spacial score (nSPS) is 11.4. The fourth-order valence-electron chi connectivity index (χ4n) is 2.77. The highest BCUT2D eigenvalue weighted by Crippen LogP contribution is 2.27. The maximum Gasteiger partial charge on any atom is 0.270 e. The number of nitro groups is 1. The highest BCUT2D eigenvalue weighted by molar-refractivity contribution is 5.98. The number of non-ortho nitro benzene ring substituents is 1. The fraction of sp³-hybridized carbons (Fsp3) is 0.105. The Morgan fingerprint density at radius 1 is 1.29 bits per heavy atom. The van der Waals surface area contributed by atoms with E-state index in [1.807, 2.05) is 30.5 Å². The first-order chi connectivity index (χ1) is 11.6. The second-order valence-corrected chi connectivity index (χ2v) is 5.36. The number of fused-ring (bicyclic) bond motifs is 1. The largest absolute Gasteiger partial charge is 0.347 e. The van der Waals surface area contributed by atoms with Crippen LogP contribution in [-0.4, -0.2) is 9.49 Å². The van der Waals surface area contributed by atoms with Gasteiger partial charge in [0.05, 0.1) is 16.6 Å². The van der Waals surface area contributed by atoms with Gasteiger partial charge in [-0.15, -0.1) is 0 Å². The molecular weight excluding hydrogens is 302 g/mol. The smallest absolute Gasteiger partial charge is 0.270 e. The molecule has 1 heterocycles. The van der Waals surface area contributed by atoms with E-state index >= 15 is 0 Å². The lowest BCUT2D eigenvalue weighted by atomic mass is 10.0. The molecule has 1 aromatic heterocycles. The number of benzene rings is 2. The Bertz CT molecular complexity index is 993. The van der Waals surface area contributed by atoms with Gasteiger partial charge in [0.25, 0.3) is 5.69 Å². The van der Waals surface area contributed by atoms with Gasteiger partial charge in [0.1, 0.15) is 0 Å². The number of aryl methyl sites for hydroxylation is 1. The van der Waals surface area contributed by atoms with Crippen LogP contribution in [0.5, 0.6) is 0 Å². The maximum atomic E-state index is 10.9. The van der Waals surface area contributed by atoms with Crippen molar-refractivity contribution < 1.29 is 4.92 Å². The summed E-state index contributed by atoms with van der Waals surface area (Å²) in [5.74, 6) is 0. The minimum Gasteiger partial charge on any atom is -0.347 e. The van der Waals surface area contributed by atoms with Crippen molar-refractivity contribution in [2.45, 2.75) is 13.5 Å². The van der Waals surface area contributed by atoms with E-state index in [9.17, 15) is 15.4 Å². The molecular formula is C19H15N3O2. The molecule has 0 bridgehead atoms. The minimum absolute atomic E-state index is 0.0235. The third-order valence-corrected chi connectivity index (χ3v) is 3.95. The summed E-state index contributed by atoms with van der Waals surface area (Å²) in [5.41, 5.74) is 2.94. The summed E-state index contributed by atoms with van der Waals surface area (Å²) in [6.45, 7) is 2.89. The quantitative estimate of drug-likeness (QED) is 0.400. The molecule has 0 amide bonds. The molecule has 0 fully saturated rings. The standard InChI is InChI=1S/C19H15N3O2/c1-2-21-13-16(18-8-3-4-9-19(18)21)10-15(12-20)14-6-5-7-17(11-14)22(23)24/h3-11,13H,2H2,1H3. The van der Waals surface area contributed by atoms with Crippen molar-refractivity contribution in [1.29, 1.82) is 5.26 Å². The summed E-state index contributed by atoms with van der Waals surface area (Å²) in [6.07, 6.45) is 3.78. The van der Waals surface area contributed by atoms with Gasteiger partial charge < -0.3 is 4.57 Å². The van der Waals surface area contributed by atoms with E-state index in [2.05, 4.69) is 17.6 Å². The molecule has 0 unspecified atom stereocenters. The first-order valence-electron chi connectivity index (χ1n) is 7.58. The molecule has 0 aliphatic rings. The van der Waals surface area contributed by atoms with Crippen molar-refractivity contribution in [1.82, 2.24) is 4.57 Å².